The molecule has 0 saturated carbocycles. The summed E-state index contributed by atoms with van der Waals surface area (Å²) in [6.07, 6.45) is 0. The van der Waals surface area contributed by atoms with E-state index in [4.69, 9.17) is 4.74 Å². The number of anilines is 2. The molecule has 1 N–H and O–H groups in total. The number of nitrogens with zero attached hydrogens (tertiary/aromatic N) is 3. The van der Waals surface area contributed by atoms with Crippen molar-refractivity contribution in [2.75, 3.05) is 31.6 Å². The zero-order valence-electron chi connectivity index (χ0n) is 14.6. The summed E-state index contributed by atoms with van der Waals surface area (Å²) in [6, 6.07) is 22.5. The average molecular weight is 346 g/mol. The SMILES string of the molecule is c1ccc(-c2ccc(Nc3ccc(CN4CCOCC4)cc3)nn2)cc1. The molecule has 0 unspecified atom stereocenters. The Balaban J connectivity index is 1.38. The zero-order chi connectivity index (χ0) is 17.6. The summed E-state index contributed by atoms with van der Waals surface area (Å²) in [7, 11) is 0. The Bertz CT molecular complexity index is 813. The van der Waals surface area contributed by atoms with E-state index >= 15 is 0 Å². The fourth-order valence-electron chi connectivity index (χ4n) is 3.02. The molecule has 1 aliphatic heterocycles. The van der Waals surface area contributed by atoms with E-state index in [0.717, 1.165) is 55.6 Å². The monoisotopic (exact) mass is 346 g/mol. The molecule has 0 spiro atoms. The highest BCUT2D eigenvalue weighted by Gasteiger charge is 2.10. The van der Waals surface area contributed by atoms with Crippen LogP contribution in [0, 0.1) is 0 Å². The molecule has 2 heterocycles. The number of benzene rings is 2. The van der Waals surface area contributed by atoms with Gasteiger partial charge in [0.25, 0.3) is 0 Å². The smallest absolute Gasteiger partial charge is 0.153 e. The quantitative estimate of drug-likeness (QED) is 0.763. The van der Waals surface area contributed by atoms with Crippen molar-refractivity contribution in [1.29, 1.82) is 0 Å². The van der Waals surface area contributed by atoms with Crippen LogP contribution in [-0.2, 0) is 11.3 Å². The molecular weight excluding hydrogens is 324 g/mol. The van der Waals surface area contributed by atoms with Gasteiger partial charge in [0.2, 0.25) is 0 Å². The highest BCUT2D eigenvalue weighted by Crippen LogP contribution is 2.19. The van der Waals surface area contributed by atoms with Crippen LogP contribution in [0.4, 0.5) is 11.5 Å². The molecule has 0 amide bonds. The normalized spacial score (nSPS) is 14.9. The van der Waals surface area contributed by atoms with Crippen molar-refractivity contribution in [3.8, 4) is 11.3 Å². The van der Waals surface area contributed by atoms with E-state index in [-0.39, 0.29) is 0 Å². The largest absolute Gasteiger partial charge is 0.379 e. The van der Waals surface area contributed by atoms with Crippen LogP contribution in [0.3, 0.4) is 0 Å². The van der Waals surface area contributed by atoms with Gasteiger partial charge in [-0.1, -0.05) is 42.5 Å². The predicted molar refractivity (Wildman–Crippen MR) is 103 cm³/mol. The maximum atomic E-state index is 5.39. The Labute approximate surface area is 153 Å². The van der Waals surface area contributed by atoms with Gasteiger partial charge in [-0.3, -0.25) is 4.90 Å². The maximum absolute atomic E-state index is 5.39. The minimum atomic E-state index is 0.741. The van der Waals surface area contributed by atoms with Crippen LogP contribution in [0.5, 0.6) is 0 Å². The number of ether oxygens (including phenoxy) is 1. The van der Waals surface area contributed by atoms with Crippen molar-refractivity contribution in [3.63, 3.8) is 0 Å². The Kier molecular flexibility index (Phi) is 5.19. The lowest BCUT2D eigenvalue weighted by Gasteiger charge is -2.26. The third-order valence-electron chi connectivity index (χ3n) is 4.47. The minimum absolute atomic E-state index is 0.741. The molecule has 4 rings (SSSR count). The first-order chi connectivity index (χ1) is 12.9. The second-order valence-corrected chi connectivity index (χ2v) is 6.38. The summed E-state index contributed by atoms with van der Waals surface area (Å²) in [5, 5.41) is 11.9. The summed E-state index contributed by atoms with van der Waals surface area (Å²) in [6.45, 7) is 4.64. The van der Waals surface area contributed by atoms with Crippen LogP contribution in [0.2, 0.25) is 0 Å². The first-order valence-corrected chi connectivity index (χ1v) is 8.92. The molecule has 0 radical (unpaired) electrons. The van der Waals surface area contributed by atoms with Gasteiger partial charge in [0.05, 0.1) is 18.9 Å². The Morgan fingerprint density at radius 2 is 1.62 bits per heavy atom. The number of nitrogens with one attached hydrogen (secondary N) is 1. The highest BCUT2D eigenvalue weighted by molar-refractivity contribution is 5.61. The number of hydrogen-bond acceptors (Lipinski definition) is 5. The molecule has 0 atom stereocenters. The third kappa shape index (κ3) is 4.25. The summed E-state index contributed by atoms with van der Waals surface area (Å²) in [5.74, 6) is 0.741. The van der Waals surface area contributed by atoms with Crippen LogP contribution < -0.4 is 5.32 Å². The lowest BCUT2D eigenvalue weighted by atomic mass is 10.1. The molecule has 3 aromatic rings. The summed E-state index contributed by atoms with van der Waals surface area (Å²) >= 11 is 0. The van der Waals surface area contributed by atoms with Gasteiger partial charge >= 0.3 is 0 Å². The van der Waals surface area contributed by atoms with Gasteiger partial charge < -0.3 is 10.1 Å². The second-order valence-electron chi connectivity index (χ2n) is 6.38. The first-order valence-electron chi connectivity index (χ1n) is 8.92. The molecular formula is C21H22N4O. The van der Waals surface area contributed by atoms with E-state index in [0.29, 0.717) is 0 Å². The van der Waals surface area contributed by atoms with E-state index in [1.807, 2.05) is 42.5 Å². The molecule has 1 aliphatic rings. The van der Waals surface area contributed by atoms with Gasteiger partial charge in [0.15, 0.2) is 5.82 Å². The van der Waals surface area contributed by atoms with Crippen LogP contribution in [-0.4, -0.2) is 41.4 Å². The number of aromatic nitrogens is 2. The Morgan fingerprint density at radius 1 is 0.846 bits per heavy atom. The molecule has 2 aromatic carbocycles. The van der Waals surface area contributed by atoms with E-state index in [2.05, 4.69) is 44.7 Å². The zero-order valence-corrected chi connectivity index (χ0v) is 14.6. The van der Waals surface area contributed by atoms with Crippen molar-refractivity contribution in [1.82, 2.24) is 15.1 Å². The van der Waals surface area contributed by atoms with Gasteiger partial charge in [-0.2, -0.15) is 0 Å². The van der Waals surface area contributed by atoms with Gasteiger partial charge in [0, 0.05) is 30.9 Å². The van der Waals surface area contributed by atoms with Crippen molar-refractivity contribution in [2.24, 2.45) is 0 Å². The van der Waals surface area contributed by atoms with Gasteiger partial charge in [-0.05, 0) is 29.8 Å². The standard InChI is InChI=1S/C21H22N4O/c1-2-4-18(5-3-1)20-10-11-21(24-23-20)22-19-8-6-17(7-9-19)16-25-12-14-26-15-13-25/h1-11H,12-16H2,(H,22,24). The van der Waals surface area contributed by atoms with Crippen LogP contribution in [0.1, 0.15) is 5.56 Å². The second kappa shape index (κ2) is 8.08. The van der Waals surface area contributed by atoms with Crippen LogP contribution in [0.25, 0.3) is 11.3 Å². The molecule has 1 fully saturated rings. The van der Waals surface area contributed by atoms with Crippen LogP contribution >= 0.6 is 0 Å². The molecule has 5 heteroatoms. The first kappa shape index (κ1) is 16.7. The van der Waals surface area contributed by atoms with E-state index in [9.17, 15) is 0 Å². The molecule has 5 nitrogen and oxygen atoms in total. The number of hydrogen-bond donors (Lipinski definition) is 1. The fourth-order valence-corrected chi connectivity index (χ4v) is 3.02. The molecule has 0 aliphatic carbocycles. The number of rotatable bonds is 5. The Morgan fingerprint density at radius 3 is 2.31 bits per heavy atom. The Hall–Kier alpha value is -2.76. The molecule has 132 valence electrons. The van der Waals surface area contributed by atoms with E-state index in [1.165, 1.54) is 5.56 Å². The molecule has 1 saturated heterocycles. The van der Waals surface area contributed by atoms with Crippen molar-refractivity contribution in [2.45, 2.75) is 6.54 Å². The topological polar surface area (TPSA) is 50.3 Å². The van der Waals surface area contributed by atoms with Gasteiger partial charge in [0.1, 0.15) is 0 Å². The molecule has 26 heavy (non-hydrogen) atoms. The minimum Gasteiger partial charge on any atom is -0.379 e. The molecule has 0 bridgehead atoms. The molecule has 1 aromatic heterocycles. The van der Waals surface area contributed by atoms with Gasteiger partial charge in [-0.25, -0.2) is 0 Å². The summed E-state index contributed by atoms with van der Waals surface area (Å²) < 4.78 is 5.39. The van der Waals surface area contributed by atoms with Crippen LogP contribution in [0.15, 0.2) is 66.7 Å². The maximum Gasteiger partial charge on any atom is 0.153 e. The van der Waals surface area contributed by atoms with Crippen molar-refractivity contribution >= 4 is 11.5 Å². The van der Waals surface area contributed by atoms with E-state index in [1.54, 1.807) is 0 Å². The lowest BCUT2D eigenvalue weighted by Crippen LogP contribution is -2.35. The van der Waals surface area contributed by atoms with Gasteiger partial charge in [-0.15, -0.1) is 10.2 Å². The third-order valence-corrected chi connectivity index (χ3v) is 4.47. The summed E-state index contributed by atoms with van der Waals surface area (Å²) in [4.78, 5) is 2.42. The predicted octanol–water partition coefficient (Wildman–Crippen LogP) is 3.72. The van der Waals surface area contributed by atoms with Crippen molar-refractivity contribution < 1.29 is 4.74 Å². The lowest BCUT2D eigenvalue weighted by molar-refractivity contribution is 0.0342. The van der Waals surface area contributed by atoms with Crippen molar-refractivity contribution in [3.05, 3.63) is 72.3 Å². The highest BCUT2D eigenvalue weighted by atomic mass is 16.5. The number of morpholine rings is 1. The average Bonchev–Trinajstić information content (AvgIpc) is 2.72. The van der Waals surface area contributed by atoms with E-state index < -0.39 is 0 Å². The summed E-state index contributed by atoms with van der Waals surface area (Å²) in [5.41, 5.74) is 4.26. The fraction of sp³-hybridized carbons (Fsp3) is 0.238.